The molecule has 6 atom stereocenters. The summed E-state index contributed by atoms with van der Waals surface area (Å²) in [5.74, 6) is -0.646. The van der Waals surface area contributed by atoms with E-state index in [9.17, 15) is 20.1 Å². The van der Waals surface area contributed by atoms with Crippen LogP contribution in [-0.2, 0) is 17.8 Å². The summed E-state index contributed by atoms with van der Waals surface area (Å²) in [5, 5.41) is 47.6. The number of thiazole rings is 1. The number of aromatic carboxylic acids is 1. The standard InChI is InChI=1S/C43H53N7O6S/c1-26(46-25-42-15-14-40(2)23-41(3,24-42)43(40,42)56-18-17-45-16-13-28(52)22-51)31(19-44)29-11-12-35(48-36(29)38(54)55)50-20-27-7-6-8-30(32(27)21-50)37(53)49-39-47-33-9-4-5-10-34(33)57-39/h4-12,19,28,37,45,51-53H,13-18,20-25,44H2,1-3H3,(H,47,49)(H,54,55)/t28-,37?,40?,41?,42?,43?/m0/s1. The van der Waals surface area contributed by atoms with E-state index < -0.39 is 18.3 Å². The molecule has 4 aromatic rings. The Kier molecular flexibility index (Phi) is 10.4. The number of hydrogen-bond acceptors (Lipinski definition) is 13. The molecule has 0 amide bonds. The zero-order valence-corrected chi connectivity index (χ0v) is 33.6. The Balaban J connectivity index is 0.969. The molecular weight excluding hydrogens is 743 g/mol. The number of anilines is 2. The van der Waals surface area contributed by atoms with E-state index in [4.69, 9.17) is 20.6 Å². The number of carboxylic acid groups (broad SMARTS) is 1. The number of aliphatic imine (C=N–C) groups is 1. The number of fused-ring (bicyclic) bond motifs is 2. The van der Waals surface area contributed by atoms with E-state index in [1.54, 1.807) is 6.07 Å². The zero-order valence-electron chi connectivity index (χ0n) is 32.8. The van der Waals surface area contributed by atoms with Crippen LogP contribution in [-0.4, -0.2) is 86.6 Å². The van der Waals surface area contributed by atoms with Gasteiger partial charge in [-0.15, -0.1) is 0 Å². The van der Waals surface area contributed by atoms with E-state index in [0.29, 0.717) is 73.5 Å². The molecule has 3 aliphatic carbocycles. The lowest BCUT2D eigenvalue weighted by atomic mass is 9.29. The number of hydrogen-bond donors (Lipinski definition) is 7. The highest BCUT2D eigenvalue weighted by molar-refractivity contribution is 7.22. The maximum Gasteiger partial charge on any atom is 0.355 e. The van der Waals surface area contributed by atoms with Gasteiger partial charge in [0.05, 0.1) is 35.1 Å². The first-order valence-corrected chi connectivity index (χ1v) is 20.7. The van der Waals surface area contributed by atoms with Gasteiger partial charge in [0, 0.05) is 60.2 Å². The number of rotatable bonds is 17. The number of carboxylic acids is 1. The Morgan fingerprint density at radius 1 is 1.05 bits per heavy atom. The minimum atomic E-state index is -1.16. The molecule has 0 radical (unpaired) electrons. The van der Waals surface area contributed by atoms with Gasteiger partial charge in [0.1, 0.15) is 5.82 Å². The third kappa shape index (κ3) is 6.50. The number of nitrogens with one attached hydrogen (secondary N) is 2. The van der Waals surface area contributed by atoms with Gasteiger partial charge in [-0.25, -0.2) is 14.8 Å². The predicted molar refractivity (Wildman–Crippen MR) is 222 cm³/mol. The molecule has 3 heterocycles. The van der Waals surface area contributed by atoms with Crippen LogP contribution in [0.5, 0.6) is 0 Å². The molecule has 8 N–H and O–H groups in total. The zero-order chi connectivity index (χ0) is 40.2. The fraction of sp³-hybridized carbons (Fsp3) is 0.488. The molecule has 13 nitrogen and oxygen atoms in total. The predicted octanol–water partition coefficient (Wildman–Crippen LogP) is 5.46. The largest absolute Gasteiger partial charge is 0.476 e. The molecule has 3 fully saturated rings. The van der Waals surface area contributed by atoms with Crippen molar-refractivity contribution in [2.45, 2.75) is 83.9 Å². The number of nitrogens with zero attached hydrogens (tertiary/aromatic N) is 4. The second-order valence-electron chi connectivity index (χ2n) is 16.9. The van der Waals surface area contributed by atoms with Crippen molar-refractivity contribution >= 4 is 49.8 Å². The number of ether oxygens (including phenoxy) is 1. The molecule has 2 aromatic carbocycles. The molecule has 0 bridgehead atoms. The summed E-state index contributed by atoms with van der Waals surface area (Å²) in [4.78, 5) is 29.2. The summed E-state index contributed by atoms with van der Waals surface area (Å²) < 4.78 is 7.93. The molecule has 4 aliphatic rings. The van der Waals surface area contributed by atoms with Gasteiger partial charge in [0.25, 0.3) is 0 Å². The van der Waals surface area contributed by atoms with Gasteiger partial charge in [0.15, 0.2) is 17.1 Å². The van der Waals surface area contributed by atoms with Crippen LogP contribution in [0.2, 0.25) is 0 Å². The van der Waals surface area contributed by atoms with Crippen LogP contribution in [0.3, 0.4) is 0 Å². The lowest BCUT2D eigenvalue weighted by molar-refractivity contribution is -0.384. The second-order valence-corrected chi connectivity index (χ2v) is 17.9. The first-order valence-electron chi connectivity index (χ1n) is 19.8. The van der Waals surface area contributed by atoms with Crippen molar-refractivity contribution in [3.63, 3.8) is 0 Å². The number of nitrogens with two attached hydrogens (primary N) is 1. The molecule has 302 valence electrons. The fourth-order valence-corrected chi connectivity index (χ4v) is 12.2. The number of pyridine rings is 1. The molecule has 0 spiro atoms. The smallest absolute Gasteiger partial charge is 0.355 e. The average molecular weight is 796 g/mol. The first-order chi connectivity index (χ1) is 27.4. The van der Waals surface area contributed by atoms with E-state index in [1.165, 1.54) is 17.5 Å². The summed E-state index contributed by atoms with van der Waals surface area (Å²) in [6, 6.07) is 17.3. The molecule has 2 aromatic heterocycles. The van der Waals surface area contributed by atoms with Crippen molar-refractivity contribution in [1.29, 1.82) is 0 Å². The number of benzene rings is 2. The lowest BCUT2D eigenvalue weighted by Crippen LogP contribution is -2.82. The maximum atomic E-state index is 12.8. The van der Waals surface area contributed by atoms with Crippen molar-refractivity contribution < 1.29 is 30.0 Å². The SMILES string of the molecule is CC(=NCC12CCC3(C)CC(C)(C1)C32OCCNCC[C@H](O)CO)C(=CN)c1ccc(N2Cc3cccc(C(O)Nc4nc5ccccc5s4)c3C2)nc1C(=O)O. The monoisotopic (exact) mass is 795 g/mol. The Hall–Kier alpha value is -4.44. The minimum Gasteiger partial charge on any atom is -0.476 e. The molecule has 57 heavy (non-hydrogen) atoms. The molecule has 3 saturated carbocycles. The number of allylic oxidation sites excluding steroid dienone is 1. The Morgan fingerprint density at radius 2 is 1.88 bits per heavy atom. The van der Waals surface area contributed by atoms with Gasteiger partial charge < -0.3 is 46.4 Å². The number of aromatic nitrogens is 2. The Bertz CT molecular complexity index is 2210. The van der Waals surface area contributed by atoms with Crippen LogP contribution in [0.4, 0.5) is 10.9 Å². The highest BCUT2D eigenvalue weighted by atomic mass is 32.1. The molecule has 5 unspecified atom stereocenters. The Labute approximate surface area is 336 Å². The number of aliphatic hydroxyl groups is 3. The van der Waals surface area contributed by atoms with Gasteiger partial charge in [-0.05, 0) is 91.8 Å². The van der Waals surface area contributed by atoms with Crippen LogP contribution in [0.1, 0.15) is 91.8 Å². The third-order valence-electron chi connectivity index (χ3n) is 13.3. The van der Waals surface area contributed by atoms with Crippen LogP contribution in [0.25, 0.3) is 15.8 Å². The number of carbonyl (C=O) groups is 1. The summed E-state index contributed by atoms with van der Waals surface area (Å²) in [6.45, 7) is 9.63. The second kappa shape index (κ2) is 15.1. The first kappa shape index (κ1) is 39.4. The molecular formula is C43H53N7O6S. The van der Waals surface area contributed by atoms with Gasteiger partial charge >= 0.3 is 5.97 Å². The molecule has 8 rings (SSSR count). The van der Waals surface area contributed by atoms with Crippen molar-refractivity contribution in [2.75, 3.05) is 43.1 Å². The number of para-hydroxylation sites is 1. The van der Waals surface area contributed by atoms with Gasteiger partial charge in [-0.2, -0.15) is 0 Å². The summed E-state index contributed by atoms with van der Waals surface area (Å²) in [5.41, 5.74) is 11.0. The highest BCUT2D eigenvalue weighted by Crippen LogP contribution is 2.87. The highest BCUT2D eigenvalue weighted by Gasteiger charge is 2.88. The topological polar surface area (TPSA) is 199 Å². The van der Waals surface area contributed by atoms with Crippen molar-refractivity contribution in [2.24, 2.45) is 27.0 Å². The van der Waals surface area contributed by atoms with Crippen molar-refractivity contribution in [1.82, 2.24) is 15.3 Å². The summed E-state index contributed by atoms with van der Waals surface area (Å²) in [6.07, 6.45) is 4.44. The average Bonchev–Trinajstić information content (AvgIpc) is 3.83. The molecule has 14 heteroatoms. The van der Waals surface area contributed by atoms with Gasteiger partial charge in [-0.3, -0.25) is 4.99 Å². The van der Waals surface area contributed by atoms with Crippen molar-refractivity contribution in [3.8, 4) is 0 Å². The van der Waals surface area contributed by atoms with E-state index in [0.717, 1.165) is 52.6 Å². The van der Waals surface area contributed by atoms with Crippen LogP contribution in [0.15, 0.2) is 65.8 Å². The molecule has 1 aliphatic heterocycles. The summed E-state index contributed by atoms with van der Waals surface area (Å²) in [7, 11) is 0. The van der Waals surface area contributed by atoms with Crippen LogP contribution >= 0.6 is 11.3 Å². The fourth-order valence-electron chi connectivity index (χ4n) is 11.3. The van der Waals surface area contributed by atoms with Crippen molar-refractivity contribution in [3.05, 3.63) is 88.7 Å². The van der Waals surface area contributed by atoms with E-state index in [-0.39, 0.29) is 34.1 Å². The quantitative estimate of drug-likeness (QED) is 0.0405. The third-order valence-corrected chi connectivity index (χ3v) is 14.3. The Morgan fingerprint density at radius 3 is 2.63 bits per heavy atom. The summed E-state index contributed by atoms with van der Waals surface area (Å²) >= 11 is 1.48. The molecule has 0 saturated heterocycles. The normalized spacial score (nSPS) is 27.4. The van der Waals surface area contributed by atoms with E-state index in [2.05, 4.69) is 34.4 Å². The van der Waals surface area contributed by atoms with Gasteiger partial charge in [-0.1, -0.05) is 55.5 Å². The van der Waals surface area contributed by atoms with E-state index in [1.807, 2.05) is 60.4 Å². The van der Waals surface area contributed by atoms with Gasteiger partial charge in [0.2, 0.25) is 0 Å². The maximum absolute atomic E-state index is 12.8. The lowest BCUT2D eigenvalue weighted by Gasteiger charge is -2.79. The van der Waals surface area contributed by atoms with Crippen LogP contribution < -0.4 is 21.3 Å². The van der Waals surface area contributed by atoms with E-state index >= 15 is 0 Å². The number of aliphatic hydroxyl groups excluding tert-OH is 3. The minimum absolute atomic E-state index is 0.0697. The van der Waals surface area contributed by atoms with Crippen LogP contribution in [0, 0.1) is 16.2 Å².